The highest BCUT2D eigenvalue weighted by Gasteiger charge is 2.46. The van der Waals surface area contributed by atoms with Gasteiger partial charge in [0.25, 0.3) is 5.91 Å². The molecular weight excluding hydrogens is 543 g/mol. The molecule has 3 aromatic carbocycles. The second kappa shape index (κ2) is 9.09. The van der Waals surface area contributed by atoms with Gasteiger partial charge in [-0.25, -0.2) is 9.78 Å². The highest BCUT2D eigenvalue weighted by Crippen LogP contribution is 2.39. The molecule has 1 aromatic heterocycles. The minimum absolute atomic E-state index is 0.190. The molecule has 2 unspecified atom stereocenters. The predicted molar refractivity (Wildman–Crippen MR) is 138 cm³/mol. The SMILES string of the molecule is COc1ccc([C@H]2NC(=O)N(C(c3nc4ccc(I)cc4[nH]3)C(C)c3ccccc3)C2=O)cc1. The van der Waals surface area contributed by atoms with Gasteiger partial charge >= 0.3 is 6.03 Å². The second-order valence-corrected chi connectivity index (χ2v) is 9.54. The van der Waals surface area contributed by atoms with Crippen LogP contribution in [0.5, 0.6) is 5.75 Å². The number of imidazole rings is 1. The Morgan fingerprint density at radius 2 is 1.76 bits per heavy atom. The first kappa shape index (κ1) is 22.4. The minimum Gasteiger partial charge on any atom is -0.497 e. The molecule has 0 bridgehead atoms. The lowest BCUT2D eigenvalue weighted by molar-refractivity contribution is -0.129. The summed E-state index contributed by atoms with van der Waals surface area (Å²) in [6, 6.07) is 21.1. The first-order valence-electron chi connectivity index (χ1n) is 10.9. The number of benzene rings is 3. The average molecular weight is 566 g/mol. The van der Waals surface area contributed by atoms with Gasteiger partial charge in [0.2, 0.25) is 0 Å². The Balaban J connectivity index is 1.57. The Bertz CT molecular complexity index is 1350. The number of fused-ring (bicyclic) bond motifs is 1. The van der Waals surface area contributed by atoms with E-state index in [9.17, 15) is 9.59 Å². The smallest absolute Gasteiger partial charge is 0.325 e. The molecule has 2 heterocycles. The number of carbonyl (C=O) groups excluding carboxylic acids is 2. The maximum Gasteiger partial charge on any atom is 0.325 e. The number of rotatable bonds is 6. The number of aromatic amines is 1. The molecule has 1 fully saturated rings. The monoisotopic (exact) mass is 566 g/mol. The highest BCUT2D eigenvalue weighted by atomic mass is 127. The van der Waals surface area contributed by atoms with Crippen LogP contribution in [0.4, 0.5) is 4.79 Å². The van der Waals surface area contributed by atoms with Crippen LogP contribution >= 0.6 is 22.6 Å². The van der Waals surface area contributed by atoms with Gasteiger partial charge in [-0.1, -0.05) is 49.4 Å². The van der Waals surface area contributed by atoms with E-state index in [2.05, 4.69) is 32.9 Å². The Kier molecular flexibility index (Phi) is 5.99. The van der Waals surface area contributed by atoms with E-state index < -0.39 is 18.1 Å². The summed E-state index contributed by atoms with van der Waals surface area (Å²) >= 11 is 2.25. The second-order valence-electron chi connectivity index (χ2n) is 8.29. The molecule has 5 rings (SSSR count). The molecule has 1 aliphatic rings. The van der Waals surface area contributed by atoms with E-state index in [1.54, 1.807) is 31.4 Å². The summed E-state index contributed by atoms with van der Waals surface area (Å²) in [7, 11) is 1.59. The van der Waals surface area contributed by atoms with Crippen molar-refractivity contribution < 1.29 is 14.3 Å². The number of ether oxygens (including phenoxy) is 1. The van der Waals surface area contributed by atoms with Crippen molar-refractivity contribution in [2.45, 2.75) is 24.9 Å². The number of H-pyrrole nitrogens is 1. The third-order valence-electron chi connectivity index (χ3n) is 6.24. The largest absolute Gasteiger partial charge is 0.497 e. The van der Waals surface area contributed by atoms with Gasteiger partial charge in [0.1, 0.15) is 23.7 Å². The van der Waals surface area contributed by atoms with Crippen molar-refractivity contribution in [3.8, 4) is 5.75 Å². The minimum atomic E-state index is -0.769. The molecule has 8 heteroatoms. The summed E-state index contributed by atoms with van der Waals surface area (Å²) in [6.07, 6.45) is 0. The lowest BCUT2D eigenvalue weighted by Crippen LogP contribution is -2.38. The number of hydrogen-bond donors (Lipinski definition) is 2. The molecule has 7 nitrogen and oxygen atoms in total. The zero-order chi connectivity index (χ0) is 23.8. The van der Waals surface area contributed by atoms with Gasteiger partial charge in [-0.3, -0.25) is 9.69 Å². The normalized spacial score (nSPS) is 17.6. The number of hydrogen-bond acceptors (Lipinski definition) is 4. The van der Waals surface area contributed by atoms with Crippen molar-refractivity contribution in [2.24, 2.45) is 0 Å². The molecule has 0 saturated carbocycles. The van der Waals surface area contributed by atoms with E-state index in [1.165, 1.54) is 4.90 Å². The van der Waals surface area contributed by atoms with Crippen LogP contribution in [0.15, 0.2) is 72.8 Å². The van der Waals surface area contributed by atoms with Crippen molar-refractivity contribution in [3.63, 3.8) is 0 Å². The lowest BCUT2D eigenvalue weighted by atomic mass is 9.91. The average Bonchev–Trinajstić information content (AvgIpc) is 3.40. The first-order valence-corrected chi connectivity index (χ1v) is 12.0. The van der Waals surface area contributed by atoms with Gasteiger partial charge in [-0.05, 0) is 64.0 Å². The molecule has 0 radical (unpaired) electrons. The number of halogens is 1. The van der Waals surface area contributed by atoms with Gasteiger partial charge in [0.15, 0.2) is 0 Å². The number of urea groups is 1. The van der Waals surface area contributed by atoms with Crippen molar-refractivity contribution in [1.82, 2.24) is 20.2 Å². The molecule has 1 saturated heterocycles. The Labute approximate surface area is 210 Å². The molecular formula is C26H23IN4O3. The van der Waals surface area contributed by atoms with Gasteiger partial charge < -0.3 is 15.0 Å². The van der Waals surface area contributed by atoms with Crippen LogP contribution in [-0.4, -0.2) is 33.9 Å². The molecule has 172 valence electrons. The fourth-order valence-corrected chi connectivity index (χ4v) is 4.93. The lowest BCUT2D eigenvalue weighted by Gasteiger charge is -2.29. The van der Waals surface area contributed by atoms with Gasteiger partial charge in [-0.15, -0.1) is 0 Å². The van der Waals surface area contributed by atoms with E-state index in [4.69, 9.17) is 9.72 Å². The number of aromatic nitrogens is 2. The maximum absolute atomic E-state index is 13.7. The molecule has 2 N–H and O–H groups in total. The molecule has 4 aromatic rings. The Morgan fingerprint density at radius 3 is 2.47 bits per heavy atom. The summed E-state index contributed by atoms with van der Waals surface area (Å²) in [5.74, 6) is 0.764. The quantitative estimate of drug-likeness (QED) is 0.245. The number of imide groups is 1. The number of methoxy groups -OCH3 is 1. The number of amides is 3. The zero-order valence-electron chi connectivity index (χ0n) is 18.7. The van der Waals surface area contributed by atoms with Crippen LogP contribution in [0.1, 0.15) is 41.9 Å². The van der Waals surface area contributed by atoms with E-state index in [-0.39, 0.29) is 11.8 Å². The predicted octanol–water partition coefficient (Wildman–Crippen LogP) is 5.31. The van der Waals surface area contributed by atoms with Crippen LogP contribution in [0.3, 0.4) is 0 Å². The summed E-state index contributed by atoms with van der Waals surface area (Å²) in [6.45, 7) is 2.01. The van der Waals surface area contributed by atoms with Gasteiger partial charge in [0.05, 0.1) is 18.1 Å². The van der Waals surface area contributed by atoms with Crippen molar-refractivity contribution in [3.05, 3.63) is 93.3 Å². The molecule has 3 atom stereocenters. The third kappa shape index (κ3) is 4.02. The highest BCUT2D eigenvalue weighted by molar-refractivity contribution is 14.1. The Morgan fingerprint density at radius 1 is 1.03 bits per heavy atom. The summed E-state index contributed by atoms with van der Waals surface area (Å²) < 4.78 is 6.29. The zero-order valence-corrected chi connectivity index (χ0v) is 20.8. The molecule has 0 aliphatic carbocycles. The standard InChI is InChI=1S/C26H23IN4O3/c1-15(16-6-4-3-5-7-16)23(24-28-20-13-10-18(27)14-21(20)29-24)31-25(32)22(30-26(31)33)17-8-11-19(34-2)12-9-17/h3-15,22-23H,1-2H3,(H,28,29)(H,30,33)/t15?,22-,23?/m1/s1. The van der Waals surface area contributed by atoms with E-state index in [0.717, 1.165) is 20.2 Å². The van der Waals surface area contributed by atoms with E-state index in [0.29, 0.717) is 17.1 Å². The van der Waals surface area contributed by atoms with Crippen molar-refractivity contribution in [1.29, 1.82) is 0 Å². The molecule has 0 spiro atoms. The van der Waals surface area contributed by atoms with Crippen LogP contribution in [0.2, 0.25) is 0 Å². The topological polar surface area (TPSA) is 87.3 Å². The third-order valence-corrected chi connectivity index (χ3v) is 6.91. The Hall–Kier alpha value is -3.40. The fourth-order valence-electron chi connectivity index (χ4n) is 4.44. The maximum atomic E-state index is 13.7. The molecule has 1 aliphatic heterocycles. The van der Waals surface area contributed by atoms with Crippen LogP contribution in [-0.2, 0) is 4.79 Å². The van der Waals surface area contributed by atoms with Gasteiger partial charge in [0, 0.05) is 9.49 Å². The molecule has 3 amide bonds. The number of nitrogens with one attached hydrogen (secondary N) is 2. The van der Waals surface area contributed by atoms with Gasteiger partial charge in [-0.2, -0.15) is 0 Å². The number of carbonyl (C=O) groups is 2. The first-order chi connectivity index (χ1) is 16.5. The fraction of sp³-hybridized carbons (Fsp3) is 0.192. The summed E-state index contributed by atoms with van der Waals surface area (Å²) in [4.78, 5) is 36.4. The van der Waals surface area contributed by atoms with Crippen LogP contribution in [0.25, 0.3) is 11.0 Å². The summed E-state index contributed by atoms with van der Waals surface area (Å²) in [5.41, 5.74) is 3.37. The van der Waals surface area contributed by atoms with E-state index in [1.807, 2.05) is 55.5 Å². The van der Waals surface area contributed by atoms with Crippen LogP contribution in [0, 0.1) is 3.57 Å². The molecule has 34 heavy (non-hydrogen) atoms. The number of nitrogens with zero attached hydrogens (tertiary/aromatic N) is 2. The summed E-state index contributed by atoms with van der Waals surface area (Å²) in [5, 5.41) is 2.86. The van der Waals surface area contributed by atoms with E-state index >= 15 is 0 Å². The van der Waals surface area contributed by atoms with Crippen LogP contribution < -0.4 is 10.1 Å². The van der Waals surface area contributed by atoms with Crippen molar-refractivity contribution in [2.75, 3.05) is 7.11 Å². The van der Waals surface area contributed by atoms with Crippen molar-refractivity contribution >= 4 is 45.6 Å².